The smallest absolute Gasteiger partial charge is 0.282 e. The summed E-state index contributed by atoms with van der Waals surface area (Å²) in [5.74, 6) is 0. The van der Waals surface area contributed by atoms with Gasteiger partial charge in [-0.3, -0.25) is 4.55 Å². The van der Waals surface area contributed by atoms with Gasteiger partial charge in [-0.15, -0.1) is 9.24 Å². The standard InChI is InChI=1S/C6H6O3S.C4H11P/c7-10(8,9)6-4-2-1-3-5-6;1-2-3-4-5/h1-5H,(H,7,8,9);2-5H2,1H3. The molecule has 0 bridgehead atoms. The molecule has 0 aliphatic carbocycles. The summed E-state index contributed by atoms with van der Waals surface area (Å²) in [6.07, 6.45) is 3.94. The third-order valence-electron chi connectivity index (χ3n) is 1.60. The number of hydrogen-bond acceptors (Lipinski definition) is 2. The van der Waals surface area contributed by atoms with Crippen LogP contribution in [0.1, 0.15) is 19.8 Å². The average molecular weight is 248 g/mol. The zero-order valence-corrected chi connectivity index (χ0v) is 10.7. The van der Waals surface area contributed by atoms with E-state index in [0.29, 0.717) is 0 Å². The topological polar surface area (TPSA) is 54.4 Å². The predicted molar refractivity (Wildman–Crippen MR) is 65.7 cm³/mol. The first-order chi connectivity index (χ1) is 7.02. The Labute approximate surface area is 93.9 Å². The van der Waals surface area contributed by atoms with E-state index in [0.717, 1.165) is 0 Å². The molecule has 0 amide bonds. The molecule has 1 atom stereocenters. The van der Waals surface area contributed by atoms with Crippen LogP contribution in [-0.4, -0.2) is 19.1 Å². The number of rotatable bonds is 3. The molecule has 86 valence electrons. The molecule has 0 fully saturated rings. The molecule has 1 aromatic carbocycles. The van der Waals surface area contributed by atoms with E-state index in [4.69, 9.17) is 4.55 Å². The monoisotopic (exact) mass is 248 g/mol. The SMILES string of the molecule is CCCCP.O=S(=O)(O)c1ccccc1. The molecule has 0 saturated heterocycles. The van der Waals surface area contributed by atoms with Crippen molar-refractivity contribution in [2.24, 2.45) is 0 Å². The highest BCUT2D eigenvalue weighted by atomic mass is 32.2. The second kappa shape index (κ2) is 7.80. The molecular formula is C10H17O3PS. The van der Waals surface area contributed by atoms with Crippen molar-refractivity contribution in [1.29, 1.82) is 0 Å². The van der Waals surface area contributed by atoms with Gasteiger partial charge in [0, 0.05) is 0 Å². The second-order valence-corrected chi connectivity index (χ2v) is 4.93. The molecule has 3 nitrogen and oxygen atoms in total. The van der Waals surface area contributed by atoms with Crippen LogP contribution >= 0.6 is 9.24 Å². The van der Waals surface area contributed by atoms with Gasteiger partial charge in [-0.2, -0.15) is 8.42 Å². The molecule has 0 heterocycles. The van der Waals surface area contributed by atoms with Crippen molar-refractivity contribution in [1.82, 2.24) is 0 Å². The fourth-order valence-corrected chi connectivity index (χ4v) is 1.71. The summed E-state index contributed by atoms with van der Waals surface area (Å²) in [7, 11) is -1.30. The Kier molecular flexibility index (Phi) is 7.57. The van der Waals surface area contributed by atoms with Crippen LogP contribution in [0.15, 0.2) is 35.2 Å². The van der Waals surface area contributed by atoms with E-state index in [-0.39, 0.29) is 4.90 Å². The molecule has 1 N–H and O–H groups in total. The van der Waals surface area contributed by atoms with E-state index in [9.17, 15) is 8.42 Å². The lowest BCUT2D eigenvalue weighted by molar-refractivity contribution is 0.483. The highest BCUT2D eigenvalue weighted by Crippen LogP contribution is 2.05. The van der Waals surface area contributed by atoms with E-state index >= 15 is 0 Å². The third-order valence-corrected chi connectivity index (χ3v) is 2.87. The summed E-state index contributed by atoms with van der Waals surface area (Å²) in [5.41, 5.74) is 0. The first-order valence-electron chi connectivity index (χ1n) is 4.75. The molecule has 1 unspecified atom stereocenters. The van der Waals surface area contributed by atoms with Crippen molar-refractivity contribution in [3.05, 3.63) is 30.3 Å². The minimum Gasteiger partial charge on any atom is -0.282 e. The summed E-state index contributed by atoms with van der Waals surface area (Å²) >= 11 is 0. The zero-order chi connectivity index (χ0) is 11.7. The Hall–Kier alpha value is -0.440. The number of hydrogen-bond donors (Lipinski definition) is 1. The van der Waals surface area contributed by atoms with Gasteiger partial charge in [0.15, 0.2) is 0 Å². The molecule has 5 heteroatoms. The van der Waals surface area contributed by atoms with E-state index < -0.39 is 10.1 Å². The summed E-state index contributed by atoms with van der Waals surface area (Å²) in [4.78, 5) is -0.0741. The minimum atomic E-state index is -4.00. The van der Waals surface area contributed by atoms with Gasteiger partial charge in [0.1, 0.15) is 0 Å². The van der Waals surface area contributed by atoms with Crippen molar-refractivity contribution >= 4 is 19.4 Å². The van der Waals surface area contributed by atoms with Gasteiger partial charge in [0.25, 0.3) is 10.1 Å². The highest BCUT2D eigenvalue weighted by molar-refractivity contribution is 7.85. The maximum atomic E-state index is 10.4. The summed E-state index contributed by atoms with van der Waals surface area (Å²) in [6.45, 7) is 2.20. The first-order valence-corrected chi connectivity index (χ1v) is 7.00. The van der Waals surface area contributed by atoms with Crippen LogP contribution in [0, 0.1) is 0 Å². The molecule has 1 aromatic rings. The fourth-order valence-electron chi connectivity index (χ4n) is 0.797. The lowest BCUT2D eigenvalue weighted by atomic mass is 10.4. The van der Waals surface area contributed by atoms with Crippen LogP contribution in [-0.2, 0) is 10.1 Å². The third kappa shape index (κ3) is 7.48. The highest BCUT2D eigenvalue weighted by Gasteiger charge is 2.05. The molecule has 0 aromatic heterocycles. The van der Waals surface area contributed by atoms with Crippen molar-refractivity contribution in [2.45, 2.75) is 24.7 Å². The van der Waals surface area contributed by atoms with Crippen LogP contribution in [0.25, 0.3) is 0 Å². The maximum absolute atomic E-state index is 10.4. The molecule has 0 spiro atoms. The van der Waals surface area contributed by atoms with Gasteiger partial charge in [0.2, 0.25) is 0 Å². The Morgan fingerprint density at radius 3 is 2.00 bits per heavy atom. The van der Waals surface area contributed by atoms with Crippen LogP contribution in [0.4, 0.5) is 0 Å². The van der Waals surface area contributed by atoms with Crippen molar-refractivity contribution < 1.29 is 13.0 Å². The van der Waals surface area contributed by atoms with Gasteiger partial charge in [-0.1, -0.05) is 38.0 Å². The normalized spacial score (nSPS) is 10.3. The maximum Gasteiger partial charge on any atom is 0.294 e. The van der Waals surface area contributed by atoms with E-state index in [1.165, 1.54) is 31.1 Å². The summed E-state index contributed by atoms with van der Waals surface area (Å²) in [6, 6.07) is 7.42. The van der Waals surface area contributed by atoms with E-state index in [1.54, 1.807) is 18.2 Å². The Morgan fingerprint density at radius 1 is 1.27 bits per heavy atom. The van der Waals surface area contributed by atoms with Crippen molar-refractivity contribution in [3.8, 4) is 0 Å². The molecular weight excluding hydrogens is 231 g/mol. The molecule has 1 rings (SSSR count). The van der Waals surface area contributed by atoms with E-state index in [1.807, 2.05) is 0 Å². The van der Waals surface area contributed by atoms with Crippen LogP contribution in [0.2, 0.25) is 0 Å². The fraction of sp³-hybridized carbons (Fsp3) is 0.400. The average Bonchev–Trinajstić information content (AvgIpc) is 2.20. The largest absolute Gasteiger partial charge is 0.294 e. The first kappa shape index (κ1) is 14.6. The van der Waals surface area contributed by atoms with Gasteiger partial charge < -0.3 is 0 Å². The van der Waals surface area contributed by atoms with Gasteiger partial charge >= 0.3 is 0 Å². The minimum absolute atomic E-state index is 0.0741. The van der Waals surface area contributed by atoms with E-state index in [2.05, 4.69) is 16.2 Å². The molecule has 15 heavy (non-hydrogen) atoms. The lowest BCUT2D eigenvalue weighted by Crippen LogP contribution is -1.96. The van der Waals surface area contributed by atoms with Gasteiger partial charge in [-0.05, 0) is 18.3 Å². The molecule has 0 aliphatic heterocycles. The van der Waals surface area contributed by atoms with Crippen LogP contribution < -0.4 is 0 Å². The second-order valence-electron chi connectivity index (χ2n) is 2.93. The van der Waals surface area contributed by atoms with Gasteiger partial charge in [-0.25, -0.2) is 0 Å². The molecule has 0 aliphatic rings. The Balaban J connectivity index is 0.000000336. The zero-order valence-electron chi connectivity index (χ0n) is 8.76. The van der Waals surface area contributed by atoms with Gasteiger partial charge in [0.05, 0.1) is 4.90 Å². The number of unbranched alkanes of at least 4 members (excludes halogenated alkanes) is 1. The quantitative estimate of drug-likeness (QED) is 0.660. The predicted octanol–water partition coefficient (Wildman–Crippen LogP) is 2.59. The summed E-state index contributed by atoms with van der Waals surface area (Å²) < 4.78 is 29.2. The lowest BCUT2D eigenvalue weighted by Gasteiger charge is -1.92. The Bertz CT molecular complexity index is 346. The molecule has 0 saturated carbocycles. The molecule has 0 radical (unpaired) electrons. The summed E-state index contributed by atoms with van der Waals surface area (Å²) in [5, 5.41) is 0. The van der Waals surface area contributed by atoms with Crippen molar-refractivity contribution in [2.75, 3.05) is 6.16 Å². The van der Waals surface area contributed by atoms with Crippen LogP contribution in [0.5, 0.6) is 0 Å². The Morgan fingerprint density at radius 2 is 1.80 bits per heavy atom. The van der Waals surface area contributed by atoms with Crippen molar-refractivity contribution in [3.63, 3.8) is 0 Å². The van der Waals surface area contributed by atoms with Crippen LogP contribution in [0.3, 0.4) is 0 Å². The number of benzene rings is 1.